The predicted molar refractivity (Wildman–Crippen MR) is 44.5 cm³/mol. The molecule has 0 saturated heterocycles. The first-order valence-corrected chi connectivity index (χ1v) is 6.41. The zero-order valence-electron chi connectivity index (χ0n) is 8.02. The summed E-state index contributed by atoms with van der Waals surface area (Å²) in [4.78, 5) is 0. The fraction of sp³-hybridized carbons (Fsp3) is 1.00. The quantitative estimate of drug-likeness (QED) is 0.645. The maximum atomic E-state index is 7.67. The van der Waals surface area contributed by atoms with Crippen LogP contribution in [-0.2, 0) is 32.7 Å². The number of hydrogen-bond acceptors (Lipinski definition) is 0. The van der Waals surface area contributed by atoms with Crippen molar-refractivity contribution in [1.82, 2.24) is 0 Å². The summed E-state index contributed by atoms with van der Waals surface area (Å²) in [5, 5.41) is 0. The van der Waals surface area contributed by atoms with Crippen LogP contribution in [0.5, 0.6) is 0 Å². The molecule has 0 nitrogen and oxygen atoms in total. The van der Waals surface area contributed by atoms with E-state index in [1.54, 1.807) is 0 Å². The molecule has 0 aromatic rings. The fourth-order valence-electron chi connectivity index (χ4n) is 0.516. The number of rotatable bonds is 3. The van der Waals surface area contributed by atoms with Gasteiger partial charge in [0.1, 0.15) is 0 Å². The molecule has 0 spiro atoms. The van der Waals surface area contributed by atoms with E-state index in [1.807, 2.05) is 0 Å². The first-order valence-electron chi connectivity index (χ1n) is 3.79. The molecular formula is C7H18PY+. The van der Waals surface area contributed by atoms with Crippen LogP contribution < -0.4 is 0 Å². The SMILES string of the molecule is [2H]C(CCC)[P+](C)(C)C.[Y]. The monoisotopic (exact) mass is 223 g/mol. The van der Waals surface area contributed by atoms with Crippen LogP contribution in [0.2, 0.25) is 0 Å². The van der Waals surface area contributed by atoms with Crippen molar-refractivity contribution in [2.24, 2.45) is 0 Å². The third-order valence-corrected chi connectivity index (χ3v) is 2.32. The first kappa shape index (κ1) is 10.5. The Labute approximate surface area is 86.8 Å². The smallest absolute Gasteiger partial charge is 0.0652 e. The summed E-state index contributed by atoms with van der Waals surface area (Å²) in [5.74, 6) is 0. The van der Waals surface area contributed by atoms with Crippen molar-refractivity contribution < 1.29 is 34.1 Å². The van der Waals surface area contributed by atoms with Crippen LogP contribution in [0.4, 0.5) is 0 Å². The summed E-state index contributed by atoms with van der Waals surface area (Å²) in [5.41, 5.74) is 0. The molecule has 1 unspecified atom stereocenters. The van der Waals surface area contributed by atoms with Gasteiger partial charge in [0.15, 0.2) is 0 Å². The molecule has 0 amide bonds. The minimum Gasteiger partial charge on any atom is -0.0652 e. The molecule has 0 heterocycles. The average Bonchev–Trinajstić information content (AvgIpc) is 1.64. The van der Waals surface area contributed by atoms with E-state index >= 15 is 0 Å². The van der Waals surface area contributed by atoms with Gasteiger partial charge in [0, 0.05) is 60.0 Å². The van der Waals surface area contributed by atoms with Gasteiger partial charge in [-0.1, -0.05) is 13.3 Å². The van der Waals surface area contributed by atoms with Crippen LogP contribution in [-0.4, -0.2) is 26.1 Å². The zero-order chi connectivity index (χ0) is 7.49. The van der Waals surface area contributed by atoms with Gasteiger partial charge in [0.2, 0.25) is 0 Å². The zero-order valence-corrected chi connectivity index (χ0v) is 10.7. The Bertz CT molecular complexity index is 80.2. The molecule has 0 aliphatic heterocycles. The third kappa shape index (κ3) is 12.7. The second-order valence-corrected chi connectivity index (χ2v) is 7.69. The molecule has 0 rings (SSSR count). The minimum atomic E-state index is -0.857. The summed E-state index contributed by atoms with van der Waals surface area (Å²) < 4.78 is 7.67. The molecule has 0 bridgehead atoms. The molecule has 0 aliphatic carbocycles. The van der Waals surface area contributed by atoms with E-state index in [2.05, 4.69) is 26.9 Å². The van der Waals surface area contributed by atoms with Crippen LogP contribution in [0.15, 0.2) is 0 Å². The Balaban J connectivity index is 0. The first-order chi connectivity index (χ1) is 3.98. The van der Waals surface area contributed by atoms with E-state index in [0.29, 0.717) is 0 Å². The molecule has 1 radical (unpaired) electrons. The van der Waals surface area contributed by atoms with Crippen molar-refractivity contribution in [3.8, 4) is 0 Å². The van der Waals surface area contributed by atoms with Crippen LogP contribution in [0.25, 0.3) is 0 Å². The molecule has 9 heavy (non-hydrogen) atoms. The van der Waals surface area contributed by atoms with Gasteiger partial charge < -0.3 is 0 Å². The summed E-state index contributed by atoms with van der Waals surface area (Å²) in [6.45, 7) is 8.86. The van der Waals surface area contributed by atoms with Gasteiger partial charge in [-0.3, -0.25) is 0 Å². The van der Waals surface area contributed by atoms with Gasteiger partial charge in [-0.2, -0.15) is 0 Å². The summed E-state index contributed by atoms with van der Waals surface area (Å²) in [7, 11) is -0.857. The van der Waals surface area contributed by atoms with E-state index in [4.69, 9.17) is 1.37 Å². The molecule has 0 N–H and O–H groups in total. The van der Waals surface area contributed by atoms with Gasteiger partial charge >= 0.3 is 0 Å². The predicted octanol–water partition coefficient (Wildman–Crippen LogP) is 2.69. The minimum absolute atomic E-state index is 0. The maximum absolute atomic E-state index is 7.67. The maximum Gasteiger partial charge on any atom is 0.0708 e. The van der Waals surface area contributed by atoms with Gasteiger partial charge in [-0.25, -0.2) is 0 Å². The van der Waals surface area contributed by atoms with Crippen molar-refractivity contribution in [2.45, 2.75) is 19.8 Å². The van der Waals surface area contributed by atoms with Crippen molar-refractivity contribution in [2.75, 3.05) is 26.1 Å². The molecule has 2 heteroatoms. The van der Waals surface area contributed by atoms with E-state index < -0.39 is 7.26 Å². The number of hydrogen-bond donors (Lipinski definition) is 0. The molecule has 0 aromatic carbocycles. The van der Waals surface area contributed by atoms with Crippen LogP contribution in [0.3, 0.4) is 0 Å². The molecule has 0 saturated carbocycles. The molecule has 53 valence electrons. The Morgan fingerprint density at radius 1 is 1.33 bits per heavy atom. The topological polar surface area (TPSA) is 0 Å². The van der Waals surface area contributed by atoms with Crippen molar-refractivity contribution in [3.05, 3.63) is 0 Å². The van der Waals surface area contributed by atoms with E-state index in [1.165, 1.54) is 0 Å². The molecule has 0 aliphatic rings. The summed E-state index contributed by atoms with van der Waals surface area (Å²) >= 11 is 0. The van der Waals surface area contributed by atoms with Crippen molar-refractivity contribution >= 4 is 7.26 Å². The molecular weight excluding hydrogens is 204 g/mol. The molecule has 0 aromatic heterocycles. The largest absolute Gasteiger partial charge is 0.0708 e. The van der Waals surface area contributed by atoms with Crippen LogP contribution >= 0.6 is 7.26 Å². The normalized spacial score (nSPS) is 15.8. The van der Waals surface area contributed by atoms with E-state index in [-0.39, 0.29) is 38.8 Å². The van der Waals surface area contributed by atoms with E-state index in [0.717, 1.165) is 12.8 Å². The summed E-state index contributed by atoms with van der Waals surface area (Å²) in [6, 6.07) is 0. The molecule has 0 fully saturated rings. The van der Waals surface area contributed by atoms with Crippen LogP contribution in [0.1, 0.15) is 21.1 Å². The van der Waals surface area contributed by atoms with Crippen LogP contribution in [0, 0.1) is 0 Å². The van der Waals surface area contributed by atoms with Crippen molar-refractivity contribution in [3.63, 3.8) is 0 Å². The second kappa shape index (κ2) is 6.26. The van der Waals surface area contributed by atoms with Gasteiger partial charge in [0.05, 0.1) is 7.51 Å². The Morgan fingerprint density at radius 2 is 1.78 bits per heavy atom. The Hall–Kier alpha value is 1.53. The third-order valence-electron chi connectivity index (χ3n) is 0.965. The van der Waals surface area contributed by atoms with Crippen molar-refractivity contribution in [1.29, 1.82) is 0 Å². The molecule has 1 atom stereocenters. The second-order valence-electron chi connectivity index (χ2n) is 3.09. The van der Waals surface area contributed by atoms with Gasteiger partial charge in [0.25, 0.3) is 0 Å². The standard InChI is InChI=1S/C7H18P.Y/c1-5-6-7-8(2,3)4;/h5-7H2,1-4H3;/q+1;/i7D;. The van der Waals surface area contributed by atoms with E-state index in [9.17, 15) is 0 Å². The average molecular weight is 223 g/mol. The van der Waals surface area contributed by atoms with Gasteiger partial charge in [-0.15, -0.1) is 0 Å². The Morgan fingerprint density at radius 3 is 1.89 bits per heavy atom. The summed E-state index contributed by atoms with van der Waals surface area (Å²) in [6.07, 6.45) is 2.46. The van der Waals surface area contributed by atoms with Gasteiger partial charge in [-0.05, 0) is 6.42 Å². The Kier molecular flexibility index (Phi) is 7.32. The fourth-order valence-corrected chi connectivity index (χ4v) is 1.55.